The van der Waals surface area contributed by atoms with Crippen molar-refractivity contribution < 1.29 is 4.79 Å². The zero-order valence-corrected chi connectivity index (χ0v) is 16.9. The Labute approximate surface area is 165 Å². The van der Waals surface area contributed by atoms with Crippen LogP contribution in [0.1, 0.15) is 19.8 Å². The molecule has 3 atom stereocenters. The van der Waals surface area contributed by atoms with Crippen molar-refractivity contribution in [3.63, 3.8) is 0 Å². The zero-order valence-electron chi connectivity index (χ0n) is 15.4. The number of halogens is 2. The standard InChI is InChI=1S/C17H28Cl2N6O/c1-11-9-15(20-7-4-8-25(2)3)23-16(21-11)24-17(26)22-12-5-6-13(18)14(19)10-12/h5-6,10-11,15-16,20-21,23H,4,7-9H2,1-3H3,(H2,22,24,26). The van der Waals surface area contributed by atoms with Crippen LogP contribution in [0.25, 0.3) is 0 Å². The van der Waals surface area contributed by atoms with Gasteiger partial charge in [0.2, 0.25) is 0 Å². The quantitative estimate of drug-likeness (QED) is 0.452. The van der Waals surface area contributed by atoms with Gasteiger partial charge in [0.05, 0.1) is 16.2 Å². The van der Waals surface area contributed by atoms with Gasteiger partial charge in [0.1, 0.15) is 6.29 Å². The second-order valence-electron chi connectivity index (χ2n) is 6.79. The average molecular weight is 403 g/mol. The van der Waals surface area contributed by atoms with Crippen LogP contribution in [-0.2, 0) is 0 Å². The maximum atomic E-state index is 12.2. The highest BCUT2D eigenvalue weighted by Gasteiger charge is 2.25. The van der Waals surface area contributed by atoms with Gasteiger partial charge in [-0.25, -0.2) is 4.79 Å². The molecule has 1 aromatic rings. The van der Waals surface area contributed by atoms with Gasteiger partial charge in [0.25, 0.3) is 0 Å². The number of nitrogens with one attached hydrogen (secondary N) is 5. The summed E-state index contributed by atoms with van der Waals surface area (Å²) in [5.74, 6) is 0. The predicted molar refractivity (Wildman–Crippen MR) is 108 cm³/mol. The van der Waals surface area contributed by atoms with Crippen LogP contribution < -0.4 is 26.6 Å². The van der Waals surface area contributed by atoms with Gasteiger partial charge in [-0.2, -0.15) is 0 Å². The van der Waals surface area contributed by atoms with E-state index in [-0.39, 0.29) is 24.5 Å². The molecule has 1 fully saturated rings. The van der Waals surface area contributed by atoms with Gasteiger partial charge >= 0.3 is 6.03 Å². The van der Waals surface area contributed by atoms with E-state index in [1.54, 1.807) is 18.2 Å². The van der Waals surface area contributed by atoms with Gasteiger partial charge in [-0.15, -0.1) is 0 Å². The molecule has 1 saturated heterocycles. The molecule has 5 N–H and O–H groups in total. The fourth-order valence-corrected chi connectivity index (χ4v) is 3.09. The number of rotatable bonds is 7. The Balaban J connectivity index is 1.79. The van der Waals surface area contributed by atoms with Gasteiger partial charge in [-0.05, 0) is 65.1 Å². The van der Waals surface area contributed by atoms with Crippen molar-refractivity contribution in [2.75, 3.05) is 32.5 Å². The number of hydrogen-bond donors (Lipinski definition) is 5. The van der Waals surface area contributed by atoms with E-state index in [1.807, 2.05) is 0 Å². The van der Waals surface area contributed by atoms with Crippen molar-refractivity contribution in [2.45, 2.75) is 38.3 Å². The van der Waals surface area contributed by atoms with E-state index in [1.165, 1.54) is 0 Å². The molecule has 0 spiro atoms. The molecule has 7 nitrogen and oxygen atoms in total. The van der Waals surface area contributed by atoms with Crippen molar-refractivity contribution in [2.24, 2.45) is 0 Å². The van der Waals surface area contributed by atoms with Crippen molar-refractivity contribution >= 4 is 34.9 Å². The first-order valence-electron chi connectivity index (χ1n) is 8.76. The third-order valence-electron chi connectivity index (χ3n) is 4.03. The molecule has 0 radical (unpaired) electrons. The summed E-state index contributed by atoms with van der Waals surface area (Å²) in [7, 11) is 4.13. The first-order valence-corrected chi connectivity index (χ1v) is 9.52. The number of carbonyl (C=O) groups is 1. The van der Waals surface area contributed by atoms with Crippen molar-refractivity contribution in [3.8, 4) is 0 Å². The number of carbonyl (C=O) groups excluding carboxylic acids is 1. The maximum absolute atomic E-state index is 12.2. The molecule has 0 aromatic heterocycles. The zero-order chi connectivity index (χ0) is 19.1. The Kier molecular flexibility index (Phi) is 8.40. The Morgan fingerprint density at radius 3 is 2.73 bits per heavy atom. The molecule has 9 heteroatoms. The van der Waals surface area contributed by atoms with E-state index in [9.17, 15) is 4.79 Å². The van der Waals surface area contributed by atoms with Crippen molar-refractivity contribution in [1.29, 1.82) is 0 Å². The lowest BCUT2D eigenvalue weighted by Gasteiger charge is -2.37. The monoisotopic (exact) mass is 402 g/mol. The molecule has 0 bridgehead atoms. The molecular weight excluding hydrogens is 375 g/mol. The molecule has 26 heavy (non-hydrogen) atoms. The number of hydrogen-bond acceptors (Lipinski definition) is 5. The lowest BCUT2D eigenvalue weighted by atomic mass is 10.1. The predicted octanol–water partition coefficient (Wildman–Crippen LogP) is 2.24. The van der Waals surface area contributed by atoms with Crippen LogP contribution >= 0.6 is 23.2 Å². The molecule has 1 aliphatic rings. The van der Waals surface area contributed by atoms with Crippen molar-refractivity contribution in [1.82, 2.24) is 26.2 Å². The largest absolute Gasteiger partial charge is 0.321 e. The van der Waals surface area contributed by atoms with Crippen LogP contribution in [0.5, 0.6) is 0 Å². The van der Waals surface area contributed by atoms with Crippen LogP contribution in [0.2, 0.25) is 10.0 Å². The SMILES string of the molecule is CC1CC(NCCCN(C)C)NC(NC(=O)Nc2ccc(Cl)c(Cl)c2)N1. The van der Waals surface area contributed by atoms with Crippen molar-refractivity contribution in [3.05, 3.63) is 28.2 Å². The Morgan fingerprint density at radius 2 is 2.04 bits per heavy atom. The molecule has 146 valence electrons. The van der Waals surface area contributed by atoms with E-state index < -0.39 is 0 Å². The van der Waals surface area contributed by atoms with Crippen LogP contribution in [0.4, 0.5) is 10.5 Å². The fourth-order valence-electron chi connectivity index (χ4n) is 2.79. The van der Waals surface area contributed by atoms with Crippen LogP contribution in [0.3, 0.4) is 0 Å². The highest BCUT2D eigenvalue weighted by atomic mass is 35.5. The lowest BCUT2D eigenvalue weighted by Crippen LogP contribution is -2.67. The smallest absolute Gasteiger partial charge is 0.310 e. The van der Waals surface area contributed by atoms with E-state index in [0.29, 0.717) is 15.7 Å². The minimum absolute atomic E-state index is 0.142. The highest BCUT2D eigenvalue weighted by molar-refractivity contribution is 6.42. The molecule has 0 saturated carbocycles. The summed E-state index contributed by atoms with van der Waals surface area (Å²) in [5.41, 5.74) is 0.583. The van der Waals surface area contributed by atoms with E-state index in [2.05, 4.69) is 52.5 Å². The molecule has 2 amide bonds. The highest BCUT2D eigenvalue weighted by Crippen LogP contribution is 2.24. The minimum Gasteiger partial charge on any atom is -0.310 e. The van der Waals surface area contributed by atoms with E-state index >= 15 is 0 Å². The Morgan fingerprint density at radius 1 is 1.27 bits per heavy atom. The third-order valence-corrected chi connectivity index (χ3v) is 4.77. The fraction of sp³-hybridized carbons (Fsp3) is 0.588. The summed E-state index contributed by atoms with van der Waals surface area (Å²) in [5, 5.41) is 16.6. The Hall–Kier alpha value is -1.09. The molecule has 0 aliphatic carbocycles. The second kappa shape index (κ2) is 10.3. The van der Waals surface area contributed by atoms with Crippen LogP contribution in [0, 0.1) is 0 Å². The number of amides is 2. The summed E-state index contributed by atoms with van der Waals surface area (Å²) >= 11 is 11.9. The van der Waals surface area contributed by atoms with Gasteiger partial charge in [0, 0.05) is 11.7 Å². The summed E-state index contributed by atoms with van der Waals surface area (Å²) < 4.78 is 0. The molecule has 1 aliphatic heterocycles. The number of benzene rings is 1. The van der Waals surface area contributed by atoms with Gasteiger partial charge in [-0.1, -0.05) is 23.2 Å². The first-order chi connectivity index (χ1) is 12.3. The second-order valence-corrected chi connectivity index (χ2v) is 7.61. The van der Waals surface area contributed by atoms with Gasteiger partial charge < -0.3 is 20.9 Å². The molecule has 3 unspecified atom stereocenters. The van der Waals surface area contributed by atoms with Gasteiger partial charge in [0.15, 0.2) is 0 Å². The average Bonchev–Trinajstić information content (AvgIpc) is 2.54. The lowest BCUT2D eigenvalue weighted by molar-refractivity contribution is 0.192. The molecule has 2 rings (SSSR count). The summed E-state index contributed by atoms with van der Waals surface area (Å²) in [4.78, 5) is 14.4. The normalized spacial score (nSPS) is 23.1. The topological polar surface area (TPSA) is 80.5 Å². The van der Waals surface area contributed by atoms with Gasteiger partial charge in [-0.3, -0.25) is 10.6 Å². The summed E-state index contributed by atoms with van der Waals surface area (Å²) in [6.07, 6.45) is 1.83. The molecule has 1 aromatic carbocycles. The Bertz CT molecular complexity index is 601. The minimum atomic E-state index is -0.326. The molecular formula is C17H28Cl2N6O. The number of anilines is 1. The first kappa shape index (κ1) is 21.2. The van der Waals surface area contributed by atoms with E-state index in [0.717, 1.165) is 25.9 Å². The number of nitrogens with zero attached hydrogens (tertiary/aromatic N) is 1. The summed E-state index contributed by atoms with van der Waals surface area (Å²) in [6.45, 7) is 4.06. The van der Waals surface area contributed by atoms with Crippen LogP contribution in [-0.4, -0.2) is 56.6 Å². The van der Waals surface area contributed by atoms with E-state index in [4.69, 9.17) is 23.2 Å². The maximum Gasteiger partial charge on any atom is 0.321 e. The number of urea groups is 1. The van der Waals surface area contributed by atoms with Crippen LogP contribution in [0.15, 0.2) is 18.2 Å². The summed E-state index contributed by atoms with van der Waals surface area (Å²) in [6, 6.07) is 4.91. The third kappa shape index (κ3) is 7.26. The molecule has 1 heterocycles.